The molecule has 0 N–H and O–H groups in total. The summed E-state index contributed by atoms with van der Waals surface area (Å²) >= 11 is 5.58. The average molecular weight is 186 g/mol. The Labute approximate surface area is 77.4 Å². The third kappa shape index (κ3) is 1.78. The van der Waals surface area contributed by atoms with Crippen LogP contribution in [0.1, 0.15) is 17.0 Å². The molecule has 2 heteroatoms. The van der Waals surface area contributed by atoms with Gasteiger partial charge in [-0.15, -0.1) is 11.6 Å². The lowest BCUT2D eigenvalue weighted by Gasteiger charge is -2.09. The van der Waals surface area contributed by atoms with Gasteiger partial charge < -0.3 is 0 Å². The second kappa shape index (κ2) is 3.90. The molecule has 1 aromatic rings. The van der Waals surface area contributed by atoms with Crippen molar-refractivity contribution in [2.75, 3.05) is 5.88 Å². The van der Waals surface area contributed by atoms with Crippen molar-refractivity contribution >= 4 is 11.6 Å². The molecule has 1 radical (unpaired) electrons. The lowest BCUT2D eigenvalue weighted by atomic mass is 10.0. The smallest absolute Gasteiger partial charge is 0.129 e. The van der Waals surface area contributed by atoms with Gasteiger partial charge in [-0.25, -0.2) is 4.39 Å². The van der Waals surface area contributed by atoms with Gasteiger partial charge in [0.25, 0.3) is 0 Å². The summed E-state index contributed by atoms with van der Waals surface area (Å²) in [6.45, 7) is 5.49. The lowest BCUT2D eigenvalue weighted by molar-refractivity contribution is 0.596. The first-order valence-corrected chi connectivity index (χ1v) is 4.34. The van der Waals surface area contributed by atoms with Crippen LogP contribution >= 0.6 is 11.6 Å². The molecule has 0 saturated heterocycles. The van der Waals surface area contributed by atoms with E-state index in [1.165, 1.54) is 0 Å². The quantitative estimate of drug-likeness (QED) is 0.621. The van der Waals surface area contributed by atoms with Crippen molar-refractivity contribution in [3.63, 3.8) is 0 Å². The number of alkyl halides is 1. The molecule has 1 atom stereocenters. The topological polar surface area (TPSA) is 0 Å². The Balaban J connectivity index is 3.07. The third-order valence-electron chi connectivity index (χ3n) is 1.85. The van der Waals surface area contributed by atoms with Crippen molar-refractivity contribution < 1.29 is 4.39 Å². The normalized spacial score (nSPS) is 13.0. The van der Waals surface area contributed by atoms with Crippen molar-refractivity contribution in [1.29, 1.82) is 0 Å². The molecule has 0 aliphatic carbocycles. The van der Waals surface area contributed by atoms with E-state index in [1.807, 2.05) is 6.07 Å². The molecule has 1 aromatic carbocycles. The van der Waals surface area contributed by atoms with Gasteiger partial charge in [-0.2, -0.15) is 0 Å². The van der Waals surface area contributed by atoms with Gasteiger partial charge in [0.2, 0.25) is 0 Å². The van der Waals surface area contributed by atoms with E-state index in [9.17, 15) is 4.39 Å². The van der Waals surface area contributed by atoms with Gasteiger partial charge in [0.05, 0.1) is 0 Å². The molecular weight excluding hydrogens is 175 g/mol. The molecule has 0 saturated carbocycles. The monoisotopic (exact) mass is 185 g/mol. The Morgan fingerprint density at radius 2 is 2.25 bits per heavy atom. The van der Waals surface area contributed by atoms with Gasteiger partial charge in [-0.05, 0) is 25.0 Å². The fraction of sp³-hybridized carbons (Fsp3) is 0.300. The first-order chi connectivity index (χ1) is 5.66. The summed E-state index contributed by atoms with van der Waals surface area (Å²) in [6, 6.07) is 5.28. The molecule has 0 nitrogen and oxygen atoms in total. The molecule has 0 bridgehead atoms. The standard InChI is InChI=1S/C10H11ClF/c1-7-4-3-5-9(10(7)12)8(2)6-11/h3-5,8H,2,6H2,1H3. The molecule has 0 fully saturated rings. The third-order valence-corrected chi connectivity index (χ3v) is 2.22. The number of aryl methyl sites for hydroxylation is 1. The molecule has 12 heavy (non-hydrogen) atoms. The Morgan fingerprint density at radius 1 is 1.58 bits per heavy atom. The number of rotatable bonds is 2. The molecular formula is C10H11ClF. The van der Waals surface area contributed by atoms with Crippen molar-refractivity contribution in [2.24, 2.45) is 0 Å². The SMILES string of the molecule is [CH2]C(CCl)c1cccc(C)c1F. The van der Waals surface area contributed by atoms with Crippen molar-refractivity contribution in [3.05, 3.63) is 42.1 Å². The summed E-state index contributed by atoms with van der Waals surface area (Å²) in [5.41, 5.74) is 1.25. The van der Waals surface area contributed by atoms with Crippen LogP contribution in [0.25, 0.3) is 0 Å². The Kier molecular flexibility index (Phi) is 3.10. The second-order valence-corrected chi connectivity index (χ2v) is 3.14. The molecule has 0 aliphatic heterocycles. The zero-order chi connectivity index (χ0) is 9.14. The fourth-order valence-corrected chi connectivity index (χ4v) is 1.23. The molecule has 0 heterocycles. The van der Waals surface area contributed by atoms with Crippen LogP contribution in [0.4, 0.5) is 4.39 Å². The molecule has 1 unspecified atom stereocenters. The highest BCUT2D eigenvalue weighted by atomic mass is 35.5. The Bertz CT molecular complexity index is 271. The van der Waals surface area contributed by atoms with Crippen LogP contribution in [0.5, 0.6) is 0 Å². The van der Waals surface area contributed by atoms with Crippen LogP contribution in [0.15, 0.2) is 18.2 Å². The summed E-state index contributed by atoms with van der Waals surface area (Å²) in [5, 5.41) is 0. The van der Waals surface area contributed by atoms with Gasteiger partial charge >= 0.3 is 0 Å². The van der Waals surface area contributed by atoms with Gasteiger partial charge in [0.15, 0.2) is 0 Å². The summed E-state index contributed by atoms with van der Waals surface area (Å²) in [7, 11) is 0. The number of benzene rings is 1. The van der Waals surface area contributed by atoms with Gasteiger partial charge in [-0.1, -0.05) is 18.2 Å². The van der Waals surface area contributed by atoms with E-state index in [-0.39, 0.29) is 11.7 Å². The maximum Gasteiger partial charge on any atom is 0.129 e. The minimum atomic E-state index is -0.182. The molecule has 1 rings (SSSR count). The minimum absolute atomic E-state index is 0.161. The molecule has 0 aliphatic rings. The number of halogens is 2. The zero-order valence-electron chi connectivity index (χ0n) is 6.98. The predicted molar refractivity (Wildman–Crippen MR) is 50.0 cm³/mol. The van der Waals surface area contributed by atoms with E-state index in [2.05, 4.69) is 6.92 Å². The van der Waals surface area contributed by atoms with E-state index < -0.39 is 0 Å². The van der Waals surface area contributed by atoms with E-state index in [0.29, 0.717) is 17.0 Å². The fourth-order valence-electron chi connectivity index (χ4n) is 1.07. The predicted octanol–water partition coefficient (Wildman–Crippen LogP) is 3.29. The highest BCUT2D eigenvalue weighted by molar-refractivity contribution is 6.18. The van der Waals surface area contributed by atoms with Gasteiger partial charge in [0, 0.05) is 11.8 Å². The first-order valence-electron chi connectivity index (χ1n) is 3.81. The molecule has 0 amide bonds. The van der Waals surface area contributed by atoms with Crippen LogP contribution in [0, 0.1) is 19.7 Å². The lowest BCUT2D eigenvalue weighted by Crippen LogP contribution is -2.00. The van der Waals surface area contributed by atoms with Crippen LogP contribution in [-0.4, -0.2) is 5.88 Å². The van der Waals surface area contributed by atoms with Crippen LogP contribution in [-0.2, 0) is 0 Å². The van der Waals surface area contributed by atoms with Gasteiger partial charge in [-0.3, -0.25) is 0 Å². The van der Waals surface area contributed by atoms with E-state index in [4.69, 9.17) is 11.6 Å². The molecule has 0 spiro atoms. The largest absolute Gasteiger partial charge is 0.206 e. The van der Waals surface area contributed by atoms with E-state index in [0.717, 1.165) is 0 Å². The molecule has 65 valence electrons. The number of hydrogen-bond donors (Lipinski definition) is 0. The van der Waals surface area contributed by atoms with Crippen molar-refractivity contribution in [1.82, 2.24) is 0 Å². The highest BCUT2D eigenvalue weighted by Crippen LogP contribution is 2.21. The summed E-state index contributed by atoms with van der Waals surface area (Å²) < 4.78 is 13.3. The maximum atomic E-state index is 13.3. The van der Waals surface area contributed by atoms with Crippen LogP contribution in [0.3, 0.4) is 0 Å². The van der Waals surface area contributed by atoms with Crippen molar-refractivity contribution in [3.8, 4) is 0 Å². The van der Waals surface area contributed by atoms with E-state index in [1.54, 1.807) is 19.1 Å². The highest BCUT2D eigenvalue weighted by Gasteiger charge is 2.10. The maximum absolute atomic E-state index is 13.3. The minimum Gasteiger partial charge on any atom is -0.206 e. The zero-order valence-corrected chi connectivity index (χ0v) is 7.74. The second-order valence-electron chi connectivity index (χ2n) is 2.83. The Morgan fingerprint density at radius 3 is 2.83 bits per heavy atom. The molecule has 0 aromatic heterocycles. The van der Waals surface area contributed by atoms with E-state index >= 15 is 0 Å². The number of hydrogen-bond acceptors (Lipinski definition) is 0. The summed E-state index contributed by atoms with van der Waals surface area (Å²) in [6.07, 6.45) is 0. The first kappa shape index (κ1) is 9.53. The van der Waals surface area contributed by atoms with Crippen molar-refractivity contribution in [2.45, 2.75) is 12.8 Å². The van der Waals surface area contributed by atoms with Crippen LogP contribution in [0.2, 0.25) is 0 Å². The van der Waals surface area contributed by atoms with Crippen LogP contribution < -0.4 is 0 Å². The Hall–Kier alpha value is -0.560. The average Bonchev–Trinajstić information content (AvgIpc) is 2.08. The van der Waals surface area contributed by atoms with Gasteiger partial charge in [0.1, 0.15) is 5.82 Å². The summed E-state index contributed by atoms with van der Waals surface area (Å²) in [4.78, 5) is 0. The summed E-state index contributed by atoms with van der Waals surface area (Å²) in [5.74, 6) is 0.00474.